The summed E-state index contributed by atoms with van der Waals surface area (Å²) in [6, 6.07) is 3.33. The Morgan fingerprint density at radius 2 is 1.81 bits per heavy atom. The van der Waals surface area contributed by atoms with Crippen LogP contribution in [0.2, 0.25) is 0 Å². The fourth-order valence-corrected chi connectivity index (χ4v) is 3.36. The molecule has 3 rings (SSSR count). The van der Waals surface area contributed by atoms with Gasteiger partial charge in [-0.15, -0.1) is 5.10 Å². The minimum Gasteiger partial charge on any atom is -0.337 e. The van der Waals surface area contributed by atoms with Gasteiger partial charge in [0.15, 0.2) is 5.69 Å². The topological polar surface area (TPSA) is 80.2 Å². The number of nitrogens with zero attached hydrogens (tertiary/aromatic N) is 3. The lowest BCUT2D eigenvalue weighted by molar-refractivity contribution is -0.135. The fourth-order valence-electron chi connectivity index (χ4n) is 3.36. The molecule has 0 unspecified atom stereocenters. The lowest BCUT2D eigenvalue weighted by atomic mass is 9.67. The van der Waals surface area contributed by atoms with Crippen molar-refractivity contribution in [2.45, 2.75) is 32.1 Å². The molecule has 2 fully saturated rings. The normalized spacial score (nSPS) is 21.6. The predicted molar refractivity (Wildman–Crippen MR) is 73.5 cm³/mol. The van der Waals surface area contributed by atoms with Gasteiger partial charge in [-0.1, -0.05) is 0 Å². The summed E-state index contributed by atoms with van der Waals surface area (Å²) in [5.41, 5.74) is 0.121. The maximum Gasteiger partial charge on any atom is 0.274 e. The van der Waals surface area contributed by atoms with E-state index in [0.29, 0.717) is 44.5 Å². The van der Waals surface area contributed by atoms with Crippen molar-refractivity contribution in [3.63, 3.8) is 0 Å². The Hall–Kier alpha value is -2.11. The molecule has 1 aliphatic heterocycles. The third kappa shape index (κ3) is 2.84. The summed E-state index contributed by atoms with van der Waals surface area (Å²) >= 11 is 0. The highest BCUT2D eigenvalue weighted by Crippen LogP contribution is 2.42. The van der Waals surface area contributed by atoms with Crippen LogP contribution in [-0.2, 0) is 9.59 Å². The van der Waals surface area contributed by atoms with Gasteiger partial charge in [0.25, 0.3) is 5.91 Å². The van der Waals surface area contributed by atoms with Crippen LogP contribution in [-0.4, -0.2) is 45.7 Å². The third-order valence-electron chi connectivity index (χ3n) is 4.44. The molecule has 2 aliphatic rings. The van der Waals surface area contributed by atoms with Crippen molar-refractivity contribution >= 4 is 17.5 Å². The van der Waals surface area contributed by atoms with E-state index >= 15 is 0 Å². The molecule has 1 aromatic rings. The predicted octanol–water partition coefficient (Wildman–Crippen LogP) is 1.02. The summed E-state index contributed by atoms with van der Waals surface area (Å²) in [7, 11) is 0. The number of amides is 1. The highest BCUT2D eigenvalue weighted by Gasteiger charge is 2.42. The lowest BCUT2D eigenvalue weighted by Gasteiger charge is -2.42. The first-order valence-electron chi connectivity index (χ1n) is 7.18. The van der Waals surface area contributed by atoms with Crippen LogP contribution >= 0.6 is 0 Å². The average Bonchev–Trinajstić information content (AvgIpc) is 2.47. The Kier molecular flexibility index (Phi) is 3.53. The number of Topliss-reactive ketones (excluding diaryl/α,β-unsaturated/α-hetero) is 2. The molecule has 110 valence electrons. The van der Waals surface area contributed by atoms with Crippen molar-refractivity contribution in [3.05, 3.63) is 24.0 Å². The van der Waals surface area contributed by atoms with Crippen LogP contribution in [0.3, 0.4) is 0 Å². The second-order valence-electron chi connectivity index (χ2n) is 6.01. The number of likely N-dealkylation sites (tertiary alicyclic amines) is 1. The summed E-state index contributed by atoms with van der Waals surface area (Å²) in [5.74, 6) is -0.0497. The first kappa shape index (κ1) is 13.9. The quantitative estimate of drug-likeness (QED) is 0.720. The number of ketones is 2. The van der Waals surface area contributed by atoms with Crippen LogP contribution < -0.4 is 0 Å². The molecule has 0 aromatic carbocycles. The average molecular weight is 287 g/mol. The van der Waals surface area contributed by atoms with E-state index < -0.39 is 0 Å². The number of rotatable bonds is 1. The van der Waals surface area contributed by atoms with Crippen molar-refractivity contribution in [2.24, 2.45) is 5.41 Å². The molecular formula is C15H17N3O3. The number of hydrogen-bond donors (Lipinski definition) is 0. The smallest absolute Gasteiger partial charge is 0.274 e. The first-order chi connectivity index (χ1) is 10.1. The number of aromatic nitrogens is 2. The Bertz CT molecular complexity index is 559. The van der Waals surface area contributed by atoms with Gasteiger partial charge in [0.2, 0.25) is 0 Å². The summed E-state index contributed by atoms with van der Waals surface area (Å²) in [6.45, 7) is 1.13. The van der Waals surface area contributed by atoms with Crippen LogP contribution in [0.25, 0.3) is 0 Å². The highest BCUT2D eigenvalue weighted by molar-refractivity contribution is 6.02. The van der Waals surface area contributed by atoms with E-state index in [9.17, 15) is 14.4 Å². The highest BCUT2D eigenvalue weighted by atomic mass is 16.2. The van der Waals surface area contributed by atoms with Gasteiger partial charge in [-0.3, -0.25) is 14.4 Å². The van der Waals surface area contributed by atoms with E-state index in [4.69, 9.17) is 0 Å². The van der Waals surface area contributed by atoms with Crippen LogP contribution in [0.4, 0.5) is 0 Å². The fraction of sp³-hybridized carbons (Fsp3) is 0.533. The number of hydrogen-bond acceptors (Lipinski definition) is 5. The van der Waals surface area contributed by atoms with Gasteiger partial charge in [-0.2, -0.15) is 5.10 Å². The monoisotopic (exact) mass is 287 g/mol. The van der Waals surface area contributed by atoms with E-state index in [1.165, 1.54) is 6.20 Å². The van der Waals surface area contributed by atoms with E-state index in [-0.39, 0.29) is 29.3 Å². The van der Waals surface area contributed by atoms with Crippen molar-refractivity contribution in [1.29, 1.82) is 0 Å². The molecule has 1 aromatic heterocycles. The van der Waals surface area contributed by atoms with Gasteiger partial charge in [-0.05, 0) is 30.4 Å². The molecule has 0 radical (unpaired) electrons. The molecule has 6 nitrogen and oxygen atoms in total. The lowest BCUT2D eigenvalue weighted by Crippen LogP contribution is -2.46. The van der Waals surface area contributed by atoms with Crippen molar-refractivity contribution < 1.29 is 14.4 Å². The zero-order valence-electron chi connectivity index (χ0n) is 11.7. The Balaban J connectivity index is 1.66. The van der Waals surface area contributed by atoms with Gasteiger partial charge in [0.05, 0.1) is 6.42 Å². The second kappa shape index (κ2) is 5.35. The van der Waals surface area contributed by atoms with E-state index in [1.54, 1.807) is 17.0 Å². The largest absolute Gasteiger partial charge is 0.337 e. The molecule has 6 heteroatoms. The second-order valence-corrected chi connectivity index (χ2v) is 6.01. The van der Waals surface area contributed by atoms with Crippen LogP contribution in [0.15, 0.2) is 18.3 Å². The Morgan fingerprint density at radius 1 is 1.14 bits per heavy atom. The summed E-state index contributed by atoms with van der Waals surface area (Å²) in [4.78, 5) is 37.4. The molecule has 0 atom stereocenters. The Labute approximate surface area is 122 Å². The van der Waals surface area contributed by atoms with Crippen molar-refractivity contribution in [2.75, 3.05) is 13.1 Å². The molecule has 1 saturated carbocycles. The molecule has 0 bridgehead atoms. The maximum atomic E-state index is 12.3. The van der Waals surface area contributed by atoms with Crippen molar-refractivity contribution in [1.82, 2.24) is 15.1 Å². The molecule has 1 aliphatic carbocycles. The van der Waals surface area contributed by atoms with Crippen LogP contribution in [0.1, 0.15) is 42.6 Å². The molecular weight excluding hydrogens is 270 g/mol. The summed E-state index contributed by atoms with van der Waals surface area (Å²) in [5, 5.41) is 7.55. The summed E-state index contributed by atoms with van der Waals surface area (Å²) < 4.78 is 0. The maximum absolute atomic E-state index is 12.3. The molecule has 2 heterocycles. The molecule has 21 heavy (non-hydrogen) atoms. The molecule has 1 amide bonds. The first-order valence-corrected chi connectivity index (χ1v) is 7.18. The van der Waals surface area contributed by atoms with Gasteiger partial charge in [-0.25, -0.2) is 0 Å². The summed E-state index contributed by atoms with van der Waals surface area (Å²) in [6.07, 6.45) is 3.98. The standard InChI is InChI=1S/C15H17N3O3/c19-11-8-12(20)10-15(9-11)3-6-18(7-4-15)14(21)13-2-1-5-16-17-13/h1-2,5H,3-4,6-10H2. The number of carbonyl (C=O) groups excluding carboxylic acids is 3. The zero-order chi connectivity index (χ0) is 14.9. The van der Waals surface area contributed by atoms with Crippen LogP contribution in [0, 0.1) is 5.41 Å². The van der Waals surface area contributed by atoms with E-state index in [1.807, 2.05) is 0 Å². The van der Waals surface area contributed by atoms with Crippen LogP contribution in [0.5, 0.6) is 0 Å². The van der Waals surface area contributed by atoms with Gasteiger partial charge < -0.3 is 4.90 Å². The molecule has 1 spiro atoms. The number of piperidine rings is 1. The van der Waals surface area contributed by atoms with Gasteiger partial charge >= 0.3 is 0 Å². The molecule has 0 N–H and O–H groups in total. The van der Waals surface area contributed by atoms with Gasteiger partial charge in [0, 0.05) is 32.1 Å². The Morgan fingerprint density at radius 3 is 2.38 bits per heavy atom. The van der Waals surface area contributed by atoms with Gasteiger partial charge in [0.1, 0.15) is 11.6 Å². The van der Waals surface area contributed by atoms with Crippen molar-refractivity contribution in [3.8, 4) is 0 Å². The minimum absolute atomic E-state index is 0.0416. The zero-order valence-corrected chi connectivity index (χ0v) is 11.7. The van der Waals surface area contributed by atoms with E-state index in [0.717, 1.165) is 0 Å². The number of carbonyl (C=O) groups is 3. The third-order valence-corrected chi connectivity index (χ3v) is 4.44. The molecule has 1 saturated heterocycles. The van der Waals surface area contributed by atoms with E-state index in [2.05, 4.69) is 10.2 Å². The SMILES string of the molecule is O=C1CC(=O)CC2(CCN(C(=O)c3cccnn3)CC2)C1. The minimum atomic E-state index is -0.217.